The van der Waals surface area contributed by atoms with Crippen LogP contribution in [0.4, 0.5) is 5.69 Å². The van der Waals surface area contributed by atoms with Crippen LogP contribution in [0.5, 0.6) is 0 Å². The highest BCUT2D eigenvalue weighted by atomic mass is 16.5. The number of para-hydroxylation sites is 1. The fourth-order valence-corrected chi connectivity index (χ4v) is 2.90. The van der Waals surface area contributed by atoms with Crippen molar-refractivity contribution in [2.75, 3.05) is 24.7 Å². The van der Waals surface area contributed by atoms with Crippen molar-refractivity contribution in [2.24, 2.45) is 5.92 Å². The van der Waals surface area contributed by atoms with Crippen molar-refractivity contribution in [3.05, 3.63) is 29.8 Å². The Morgan fingerprint density at radius 1 is 1.28 bits per heavy atom. The molecule has 0 spiro atoms. The highest BCUT2D eigenvalue weighted by Gasteiger charge is 2.26. The average Bonchev–Trinajstić information content (AvgIpc) is 2.84. The molecule has 2 aliphatic heterocycles. The summed E-state index contributed by atoms with van der Waals surface area (Å²) in [5.41, 5.74) is 2.42. The standard InChI is InChI=1S/C15H19NO2/c17-15(11-12-6-9-18-10-7-12)16-8-5-13-3-1-2-4-14(13)16/h1-4,12H,5-11H2. The predicted molar refractivity (Wildman–Crippen MR) is 70.7 cm³/mol. The predicted octanol–water partition coefficient (Wildman–Crippen LogP) is 2.39. The zero-order valence-corrected chi connectivity index (χ0v) is 10.6. The van der Waals surface area contributed by atoms with Crippen molar-refractivity contribution < 1.29 is 9.53 Å². The van der Waals surface area contributed by atoms with Gasteiger partial charge >= 0.3 is 0 Å². The summed E-state index contributed by atoms with van der Waals surface area (Å²) >= 11 is 0. The van der Waals surface area contributed by atoms with Gasteiger partial charge in [-0.2, -0.15) is 0 Å². The third-order valence-corrected chi connectivity index (χ3v) is 3.99. The maximum Gasteiger partial charge on any atom is 0.227 e. The summed E-state index contributed by atoms with van der Waals surface area (Å²) in [5.74, 6) is 0.797. The van der Waals surface area contributed by atoms with Gasteiger partial charge in [0.25, 0.3) is 0 Å². The Kier molecular flexibility index (Phi) is 3.33. The average molecular weight is 245 g/mol. The second-order valence-electron chi connectivity index (χ2n) is 5.18. The summed E-state index contributed by atoms with van der Waals surface area (Å²) in [7, 11) is 0. The van der Waals surface area contributed by atoms with Gasteiger partial charge in [-0.05, 0) is 36.8 Å². The first-order valence-corrected chi connectivity index (χ1v) is 6.80. The van der Waals surface area contributed by atoms with E-state index in [0.29, 0.717) is 12.3 Å². The molecule has 2 heterocycles. The molecular weight excluding hydrogens is 226 g/mol. The lowest BCUT2D eigenvalue weighted by molar-refractivity contribution is -0.120. The molecule has 0 saturated carbocycles. The number of benzene rings is 1. The largest absolute Gasteiger partial charge is 0.381 e. The van der Waals surface area contributed by atoms with Crippen molar-refractivity contribution in [2.45, 2.75) is 25.7 Å². The molecule has 0 aliphatic carbocycles. The minimum atomic E-state index is 0.284. The van der Waals surface area contributed by atoms with E-state index in [4.69, 9.17) is 4.74 Å². The van der Waals surface area contributed by atoms with Crippen molar-refractivity contribution in [1.29, 1.82) is 0 Å². The zero-order valence-electron chi connectivity index (χ0n) is 10.6. The Labute approximate surface area is 108 Å². The molecule has 3 nitrogen and oxygen atoms in total. The van der Waals surface area contributed by atoms with Crippen molar-refractivity contribution in [1.82, 2.24) is 0 Å². The third kappa shape index (κ3) is 2.27. The van der Waals surface area contributed by atoms with Crippen LogP contribution in [0.2, 0.25) is 0 Å². The summed E-state index contributed by atoms with van der Waals surface area (Å²) in [6.07, 6.45) is 3.73. The minimum Gasteiger partial charge on any atom is -0.381 e. The van der Waals surface area contributed by atoms with Crippen LogP contribution in [0.3, 0.4) is 0 Å². The Balaban J connectivity index is 1.67. The molecule has 0 aromatic heterocycles. The molecule has 3 heteroatoms. The molecule has 0 unspecified atom stereocenters. The first-order valence-electron chi connectivity index (χ1n) is 6.80. The first-order chi connectivity index (χ1) is 8.84. The summed E-state index contributed by atoms with van der Waals surface area (Å²) < 4.78 is 5.34. The molecule has 0 atom stereocenters. The Morgan fingerprint density at radius 3 is 2.89 bits per heavy atom. The summed E-state index contributed by atoms with van der Waals surface area (Å²) in [5, 5.41) is 0. The SMILES string of the molecule is O=C(CC1CCOCC1)N1CCc2ccccc21. The van der Waals surface area contributed by atoms with Gasteiger partial charge in [-0.15, -0.1) is 0 Å². The van der Waals surface area contributed by atoms with E-state index in [1.54, 1.807) is 0 Å². The summed E-state index contributed by atoms with van der Waals surface area (Å²) in [4.78, 5) is 14.3. The van der Waals surface area contributed by atoms with E-state index >= 15 is 0 Å². The molecule has 1 aromatic carbocycles. The van der Waals surface area contributed by atoms with Gasteiger partial charge in [-0.25, -0.2) is 0 Å². The molecule has 0 radical (unpaired) electrons. The van der Waals surface area contributed by atoms with Crippen molar-refractivity contribution in [3.8, 4) is 0 Å². The van der Waals surface area contributed by atoms with E-state index in [1.807, 2.05) is 17.0 Å². The second kappa shape index (κ2) is 5.11. The molecule has 1 fully saturated rings. The fourth-order valence-electron chi connectivity index (χ4n) is 2.90. The minimum absolute atomic E-state index is 0.284. The van der Waals surface area contributed by atoms with E-state index in [0.717, 1.165) is 44.7 Å². The molecular formula is C15H19NO2. The van der Waals surface area contributed by atoms with Gasteiger partial charge in [-0.1, -0.05) is 18.2 Å². The lowest BCUT2D eigenvalue weighted by atomic mass is 9.96. The molecule has 1 amide bonds. The molecule has 3 rings (SSSR count). The number of carbonyl (C=O) groups is 1. The van der Waals surface area contributed by atoms with Crippen LogP contribution in [-0.4, -0.2) is 25.7 Å². The van der Waals surface area contributed by atoms with Gasteiger partial charge in [0, 0.05) is 31.9 Å². The molecule has 18 heavy (non-hydrogen) atoms. The highest BCUT2D eigenvalue weighted by Crippen LogP contribution is 2.29. The number of rotatable bonds is 2. The van der Waals surface area contributed by atoms with Crippen molar-refractivity contribution >= 4 is 11.6 Å². The number of amides is 1. The summed E-state index contributed by atoms with van der Waals surface area (Å²) in [6, 6.07) is 8.24. The maximum atomic E-state index is 12.4. The lowest BCUT2D eigenvalue weighted by Crippen LogP contribution is -2.31. The Morgan fingerprint density at radius 2 is 2.06 bits per heavy atom. The monoisotopic (exact) mass is 245 g/mol. The van der Waals surface area contributed by atoms with Crippen LogP contribution >= 0.6 is 0 Å². The van der Waals surface area contributed by atoms with Crippen LogP contribution in [0.15, 0.2) is 24.3 Å². The zero-order chi connectivity index (χ0) is 12.4. The van der Waals surface area contributed by atoms with E-state index in [9.17, 15) is 4.79 Å². The lowest BCUT2D eigenvalue weighted by Gasteiger charge is -2.24. The first kappa shape index (κ1) is 11.7. The molecule has 1 saturated heterocycles. The van der Waals surface area contributed by atoms with Crippen LogP contribution in [0.25, 0.3) is 0 Å². The Bertz CT molecular complexity index is 438. The third-order valence-electron chi connectivity index (χ3n) is 3.99. The van der Waals surface area contributed by atoms with Gasteiger partial charge in [-0.3, -0.25) is 4.79 Å². The molecule has 1 aromatic rings. The van der Waals surface area contributed by atoms with E-state index in [-0.39, 0.29) is 5.91 Å². The number of nitrogens with zero attached hydrogens (tertiary/aromatic N) is 1. The van der Waals surface area contributed by atoms with Crippen molar-refractivity contribution in [3.63, 3.8) is 0 Å². The van der Waals surface area contributed by atoms with Gasteiger partial charge in [0.15, 0.2) is 0 Å². The van der Waals surface area contributed by atoms with Crippen LogP contribution in [0.1, 0.15) is 24.8 Å². The van der Waals surface area contributed by atoms with E-state index in [2.05, 4.69) is 12.1 Å². The molecule has 0 bridgehead atoms. The number of carbonyl (C=O) groups excluding carboxylic acids is 1. The summed E-state index contributed by atoms with van der Waals surface area (Å²) in [6.45, 7) is 2.48. The van der Waals surface area contributed by atoms with Gasteiger partial charge in [0.05, 0.1) is 0 Å². The van der Waals surface area contributed by atoms with E-state index in [1.165, 1.54) is 5.56 Å². The maximum absolute atomic E-state index is 12.4. The number of anilines is 1. The quantitative estimate of drug-likeness (QED) is 0.800. The smallest absolute Gasteiger partial charge is 0.227 e. The Hall–Kier alpha value is -1.35. The molecule has 2 aliphatic rings. The van der Waals surface area contributed by atoms with Gasteiger partial charge < -0.3 is 9.64 Å². The van der Waals surface area contributed by atoms with Crippen LogP contribution in [-0.2, 0) is 16.0 Å². The number of fused-ring (bicyclic) bond motifs is 1. The highest BCUT2D eigenvalue weighted by molar-refractivity contribution is 5.95. The molecule has 0 N–H and O–H groups in total. The topological polar surface area (TPSA) is 29.5 Å². The second-order valence-corrected chi connectivity index (χ2v) is 5.18. The molecule has 96 valence electrons. The number of hydrogen-bond acceptors (Lipinski definition) is 2. The normalized spacial score (nSPS) is 19.9. The van der Waals surface area contributed by atoms with Crippen LogP contribution in [0, 0.1) is 5.92 Å². The number of ether oxygens (including phenoxy) is 1. The number of hydrogen-bond donors (Lipinski definition) is 0. The fraction of sp³-hybridized carbons (Fsp3) is 0.533. The van der Waals surface area contributed by atoms with Crippen LogP contribution < -0.4 is 4.90 Å². The van der Waals surface area contributed by atoms with Gasteiger partial charge in [0.1, 0.15) is 0 Å². The van der Waals surface area contributed by atoms with Gasteiger partial charge in [0.2, 0.25) is 5.91 Å². The van der Waals surface area contributed by atoms with E-state index < -0.39 is 0 Å².